The van der Waals surface area contributed by atoms with Crippen LogP contribution in [0.3, 0.4) is 0 Å². The number of benzene rings is 1. The van der Waals surface area contributed by atoms with Crippen molar-refractivity contribution in [3.8, 4) is 5.75 Å². The van der Waals surface area contributed by atoms with Gasteiger partial charge in [0, 0.05) is 12.6 Å². The number of carbonyl (C=O) groups is 1. The molecule has 4 heteroatoms. The van der Waals surface area contributed by atoms with Crippen LogP contribution in [0.15, 0.2) is 18.2 Å². The van der Waals surface area contributed by atoms with Gasteiger partial charge < -0.3 is 15.4 Å². The van der Waals surface area contributed by atoms with Crippen LogP contribution in [0.1, 0.15) is 25.3 Å². The average molecular weight is 246 g/mol. The lowest BCUT2D eigenvalue weighted by atomic mass is 10.1. The van der Waals surface area contributed by atoms with E-state index in [2.05, 4.69) is 17.6 Å². The molecular formula is C14H18N2O2. The Bertz CT molecular complexity index is 473. The first-order valence-electron chi connectivity index (χ1n) is 6.55. The predicted octanol–water partition coefficient (Wildman–Crippen LogP) is 1.91. The van der Waals surface area contributed by atoms with Crippen LogP contribution in [-0.4, -0.2) is 18.6 Å². The standard InChI is InChI=1S/C14H18N2O2/c1-2-10-6-11(10)15-7-9-3-4-13-12(5-9)16-14(17)8-18-13/h3-5,10-11,15H,2,6-8H2,1H3,(H,16,17). The summed E-state index contributed by atoms with van der Waals surface area (Å²) in [6, 6.07) is 6.64. The van der Waals surface area contributed by atoms with Crippen molar-refractivity contribution in [3.05, 3.63) is 23.8 Å². The third-order valence-corrected chi connectivity index (χ3v) is 3.69. The van der Waals surface area contributed by atoms with Gasteiger partial charge in [-0.1, -0.05) is 19.4 Å². The molecule has 1 aromatic rings. The van der Waals surface area contributed by atoms with Crippen molar-refractivity contribution < 1.29 is 9.53 Å². The van der Waals surface area contributed by atoms with Gasteiger partial charge in [-0.25, -0.2) is 0 Å². The average Bonchev–Trinajstić information content (AvgIpc) is 3.14. The minimum Gasteiger partial charge on any atom is -0.482 e. The van der Waals surface area contributed by atoms with E-state index in [1.165, 1.54) is 18.4 Å². The molecule has 3 rings (SSSR count). The van der Waals surface area contributed by atoms with Gasteiger partial charge in [0.2, 0.25) is 0 Å². The molecule has 4 nitrogen and oxygen atoms in total. The molecule has 0 saturated heterocycles. The van der Waals surface area contributed by atoms with Gasteiger partial charge in [0.15, 0.2) is 6.61 Å². The number of anilines is 1. The van der Waals surface area contributed by atoms with Crippen molar-refractivity contribution in [2.75, 3.05) is 11.9 Å². The fourth-order valence-corrected chi connectivity index (χ4v) is 2.44. The van der Waals surface area contributed by atoms with Gasteiger partial charge in [0.1, 0.15) is 5.75 Å². The second kappa shape index (κ2) is 4.61. The molecule has 1 aliphatic carbocycles. The van der Waals surface area contributed by atoms with Crippen molar-refractivity contribution in [3.63, 3.8) is 0 Å². The number of ether oxygens (including phenoxy) is 1. The molecule has 0 spiro atoms. The smallest absolute Gasteiger partial charge is 0.262 e. The molecule has 96 valence electrons. The predicted molar refractivity (Wildman–Crippen MR) is 69.6 cm³/mol. The van der Waals surface area contributed by atoms with E-state index >= 15 is 0 Å². The van der Waals surface area contributed by atoms with Crippen LogP contribution in [-0.2, 0) is 11.3 Å². The zero-order valence-electron chi connectivity index (χ0n) is 10.5. The monoisotopic (exact) mass is 246 g/mol. The van der Waals surface area contributed by atoms with Crippen molar-refractivity contribution in [1.82, 2.24) is 5.32 Å². The maximum atomic E-state index is 11.2. The van der Waals surface area contributed by atoms with Gasteiger partial charge >= 0.3 is 0 Å². The number of amides is 1. The van der Waals surface area contributed by atoms with Crippen LogP contribution in [0.25, 0.3) is 0 Å². The summed E-state index contributed by atoms with van der Waals surface area (Å²) in [6.07, 6.45) is 2.55. The molecule has 2 atom stereocenters. The highest BCUT2D eigenvalue weighted by Crippen LogP contribution is 2.34. The summed E-state index contributed by atoms with van der Waals surface area (Å²) in [4.78, 5) is 11.2. The highest BCUT2D eigenvalue weighted by atomic mass is 16.5. The molecule has 1 fully saturated rings. The lowest BCUT2D eigenvalue weighted by Gasteiger charge is -2.18. The van der Waals surface area contributed by atoms with Crippen LogP contribution in [0.5, 0.6) is 5.75 Å². The molecule has 2 N–H and O–H groups in total. The summed E-state index contributed by atoms with van der Waals surface area (Å²) in [5.74, 6) is 1.53. The number of rotatable bonds is 4. The Kier molecular flexibility index (Phi) is 2.96. The normalized spacial score (nSPS) is 25.1. The Morgan fingerprint density at radius 1 is 1.50 bits per heavy atom. The molecule has 0 aromatic heterocycles. The summed E-state index contributed by atoms with van der Waals surface area (Å²) in [5, 5.41) is 6.37. The SMILES string of the molecule is CCC1CC1NCc1ccc2c(c1)NC(=O)CO2. The largest absolute Gasteiger partial charge is 0.482 e. The molecular weight excluding hydrogens is 228 g/mol. The van der Waals surface area contributed by atoms with Crippen LogP contribution in [0, 0.1) is 5.92 Å². The number of carbonyl (C=O) groups excluding carboxylic acids is 1. The second-order valence-corrected chi connectivity index (χ2v) is 5.06. The fraction of sp³-hybridized carbons (Fsp3) is 0.500. The van der Waals surface area contributed by atoms with E-state index in [1.54, 1.807) is 0 Å². The Hall–Kier alpha value is -1.55. The van der Waals surface area contributed by atoms with Gasteiger partial charge in [0.05, 0.1) is 5.69 Å². The number of hydrogen-bond acceptors (Lipinski definition) is 3. The van der Waals surface area contributed by atoms with Crippen LogP contribution in [0.4, 0.5) is 5.69 Å². The maximum Gasteiger partial charge on any atom is 0.262 e. The van der Waals surface area contributed by atoms with Gasteiger partial charge in [-0.3, -0.25) is 4.79 Å². The lowest BCUT2D eigenvalue weighted by Crippen LogP contribution is -2.25. The molecule has 2 aliphatic rings. The van der Waals surface area contributed by atoms with E-state index < -0.39 is 0 Å². The Morgan fingerprint density at radius 2 is 2.39 bits per heavy atom. The van der Waals surface area contributed by atoms with E-state index in [4.69, 9.17) is 4.74 Å². The molecule has 1 saturated carbocycles. The van der Waals surface area contributed by atoms with Crippen LogP contribution < -0.4 is 15.4 Å². The first kappa shape index (κ1) is 11.5. The van der Waals surface area contributed by atoms with E-state index in [-0.39, 0.29) is 12.5 Å². The van der Waals surface area contributed by atoms with Gasteiger partial charge in [-0.05, 0) is 30.0 Å². The molecule has 1 aliphatic heterocycles. The van der Waals surface area contributed by atoms with Crippen molar-refractivity contribution >= 4 is 11.6 Å². The van der Waals surface area contributed by atoms with E-state index in [1.807, 2.05) is 18.2 Å². The van der Waals surface area contributed by atoms with Gasteiger partial charge in [0.25, 0.3) is 5.91 Å². The van der Waals surface area contributed by atoms with Crippen LogP contribution >= 0.6 is 0 Å². The summed E-state index contributed by atoms with van der Waals surface area (Å²) in [7, 11) is 0. The third kappa shape index (κ3) is 2.34. The Labute approximate surface area is 107 Å². The quantitative estimate of drug-likeness (QED) is 0.853. The summed E-state index contributed by atoms with van der Waals surface area (Å²) < 4.78 is 5.33. The lowest BCUT2D eigenvalue weighted by molar-refractivity contribution is -0.118. The van der Waals surface area contributed by atoms with E-state index in [9.17, 15) is 4.79 Å². The van der Waals surface area contributed by atoms with Gasteiger partial charge in [-0.2, -0.15) is 0 Å². The number of hydrogen-bond donors (Lipinski definition) is 2. The third-order valence-electron chi connectivity index (χ3n) is 3.69. The molecule has 1 amide bonds. The minimum absolute atomic E-state index is 0.0825. The first-order chi connectivity index (χ1) is 8.76. The molecule has 0 radical (unpaired) electrons. The summed E-state index contributed by atoms with van der Waals surface area (Å²) >= 11 is 0. The zero-order valence-corrected chi connectivity index (χ0v) is 10.5. The van der Waals surface area contributed by atoms with Crippen molar-refractivity contribution in [2.24, 2.45) is 5.92 Å². The Balaban J connectivity index is 1.63. The molecule has 0 bridgehead atoms. The first-order valence-corrected chi connectivity index (χ1v) is 6.55. The van der Waals surface area contributed by atoms with Gasteiger partial charge in [-0.15, -0.1) is 0 Å². The second-order valence-electron chi connectivity index (χ2n) is 5.06. The Morgan fingerprint density at radius 3 is 3.17 bits per heavy atom. The highest BCUT2D eigenvalue weighted by Gasteiger charge is 2.34. The maximum absolute atomic E-state index is 11.2. The van der Waals surface area contributed by atoms with E-state index in [0.29, 0.717) is 6.04 Å². The van der Waals surface area contributed by atoms with E-state index in [0.717, 1.165) is 23.9 Å². The topological polar surface area (TPSA) is 50.4 Å². The molecule has 18 heavy (non-hydrogen) atoms. The molecule has 1 heterocycles. The van der Waals surface area contributed by atoms with Crippen molar-refractivity contribution in [1.29, 1.82) is 0 Å². The number of nitrogens with one attached hydrogen (secondary N) is 2. The molecule has 2 unspecified atom stereocenters. The zero-order chi connectivity index (χ0) is 12.5. The number of fused-ring (bicyclic) bond motifs is 1. The molecule has 1 aromatic carbocycles. The summed E-state index contributed by atoms with van der Waals surface area (Å²) in [5.41, 5.74) is 1.97. The van der Waals surface area contributed by atoms with Crippen molar-refractivity contribution in [2.45, 2.75) is 32.4 Å². The summed E-state index contributed by atoms with van der Waals surface area (Å²) in [6.45, 7) is 3.20. The highest BCUT2D eigenvalue weighted by molar-refractivity contribution is 5.95. The minimum atomic E-state index is -0.0825. The fourth-order valence-electron chi connectivity index (χ4n) is 2.44. The van der Waals surface area contributed by atoms with Crippen LogP contribution in [0.2, 0.25) is 0 Å².